The van der Waals surface area contributed by atoms with Crippen molar-refractivity contribution in [3.63, 3.8) is 0 Å². The molecule has 0 atom stereocenters. The van der Waals surface area contributed by atoms with Crippen molar-refractivity contribution in [1.82, 2.24) is 9.97 Å². The molecule has 0 unspecified atom stereocenters. The topological polar surface area (TPSA) is 41.1 Å². The zero-order valence-corrected chi connectivity index (χ0v) is 13.5. The summed E-state index contributed by atoms with van der Waals surface area (Å²) in [5.74, 6) is 1.78. The van der Waals surface area contributed by atoms with Crippen LogP contribution in [0.1, 0.15) is 36.6 Å². The van der Waals surface area contributed by atoms with Gasteiger partial charge in [0.15, 0.2) is 0 Å². The summed E-state index contributed by atoms with van der Waals surface area (Å²) < 4.78 is 0. The number of aromatic nitrogens is 2. The fraction of sp³-hybridized carbons (Fsp3) is 0.444. The van der Waals surface area contributed by atoms with Crippen molar-refractivity contribution < 1.29 is 0 Å². The van der Waals surface area contributed by atoms with E-state index >= 15 is 0 Å². The Labute approximate surface area is 132 Å². The molecule has 1 aromatic heterocycles. The first-order valence-corrected chi connectivity index (χ1v) is 8.17. The second kappa shape index (κ2) is 6.77. The third-order valence-electron chi connectivity index (χ3n) is 4.09. The minimum absolute atomic E-state index is 0.841. The number of unbranched alkanes of at least 4 members (excludes halogenated alkanes) is 1. The number of anilines is 2. The van der Waals surface area contributed by atoms with Crippen LogP contribution in [0.5, 0.6) is 0 Å². The second-order valence-electron chi connectivity index (χ2n) is 5.92. The number of benzene rings is 1. The van der Waals surface area contributed by atoms with Crippen LogP contribution in [0.25, 0.3) is 0 Å². The Balaban J connectivity index is 1.77. The molecule has 3 rings (SSSR count). The predicted octanol–water partition coefficient (Wildman–Crippen LogP) is 3.56. The Morgan fingerprint density at radius 3 is 2.82 bits per heavy atom. The first kappa shape index (κ1) is 14.8. The van der Waals surface area contributed by atoms with Gasteiger partial charge in [0.05, 0.1) is 0 Å². The summed E-state index contributed by atoms with van der Waals surface area (Å²) in [5.41, 5.74) is 3.86. The van der Waals surface area contributed by atoms with Crippen LogP contribution in [-0.2, 0) is 13.0 Å². The molecule has 1 aromatic carbocycles. The van der Waals surface area contributed by atoms with E-state index in [0.29, 0.717) is 0 Å². The molecule has 0 bridgehead atoms. The number of aryl methyl sites for hydroxylation is 1. The van der Waals surface area contributed by atoms with Gasteiger partial charge in [0.25, 0.3) is 0 Å². The van der Waals surface area contributed by atoms with Crippen molar-refractivity contribution in [2.24, 2.45) is 0 Å². The Morgan fingerprint density at radius 2 is 2.00 bits per heavy atom. The van der Waals surface area contributed by atoms with Crippen molar-refractivity contribution in [1.29, 1.82) is 0 Å². The molecule has 0 saturated heterocycles. The van der Waals surface area contributed by atoms with E-state index in [1.807, 2.05) is 13.0 Å². The second-order valence-corrected chi connectivity index (χ2v) is 5.92. The fourth-order valence-electron chi connectivity index (χ4n) is 2.84. The molecular formula is C18H24N4. The van der Waals surface area contributed by atoms with Crippen LogP contribution >= 0.6 is 0 Å². The maximum Gasteiger partial charge on any atom is 0.227 e. The number of hydrogen-bond donors (Lipinski definition) is 1. The lowest BCUT2D eigenvalue weighted by molar-refractivity contribution is 0.705. The fourth-order valence-corrected chi connectivity index (χ4v) is 2.84. The summed E-state index contributed by atoms with van der Waals surface area (Å²) >= 11 is 0. The van der Waals surface area contributed by atoms with Crippen molar-refractivity contribution >= 4 is 11.8 Å². The highest BCUT2D eigenvalue weighted by Crippen LogP contribution is 2.23. The van der Waals surface area contributed by atoms with E-state index in [1.54, 1.807) is 0 Å². The molecule has 2 aromatic rings. The highest BCUT2D eigenvalue weighted by atomic mass is 15.3. The standard InChI is InChI=1S/C18H24N4/c1-3-4-10-19-17-12-14(2)20-18(21-17)22-11-9-15-7-5-6-8-16(15)13-22/h5-8,12H,3-4,9-11,13H2,1-2H3,(H,19,20,21). The van der Waals surface area contributed by atoms with E-state index in [0.717, 1.165) is 49.9 Å². The molecule has 1 N–H and O–H groups in total. The molecule has 0 fully saturated rings. The zero-order valence-electron chi connectivity index (χ0n) is 13.5. The highest BCUT2D eigenvalue weighted by Gasteiger charge is 2.18. The molecule has 0 amide bonds. The minimum atomic E-state index is 0.841. The molecule has 0 saturated carbocycles. The summed E-state index contributed by atoms with van der Waals surface area (Å²) in [5, 5.41) is 3.41. The lowest BCUT2D eigenvalue weighted by Crippen LogP contribution is -2.32. The van der Waals surface area contributed by atoms with Gasteiger partial charge in [0.1, 0.15) is 5.82 Å². The summed E-state index contributed by atoms with van der Waals surface area (Å²) in [7, 11) is 0. The molecule has 0 spiro atoms. The molecule has 4 nitrogen and oxygen atoms in total. The predicted molar refractivity (Wildman–Crippen MR) is 91.4 cm³/mol. The van der Waals surface area contributed by atoms with Crippen LogP contribution in [0.3, 0.4) is 0 Å². The quantitative estimate of drug-likeness (QED) is 0.857. The molecular weight excluding hydrogens is 272 g/mol. The molecule has 4 heteroatoms. The SMILES string of the molecule is CCCCNc1cc(C)nc(N2CCc3ccccc3C2)n1. The van der Waals surface area contributed by atoms with Gasteiger partial charge >= 0.3 is 0 Å². The maximum absolute atomic E-state index is 4.71. The number of hydrogen-bond acceptors (Lipinski definition) is 4. The number of rotatable bonds is 5. The normalized spacial score (nSPS) is 13.8. The van der Waals surface area contributed by atoms with Crippen LogP contribution < -0.4 is 10.2 Å². The third-order valence-corrected chi connectivity index (χ3v) is 4.09. The first-order valence-electron chi connectivity index (χ1n) is 8.17. The van der Waals surface area contributed by atoms with E-state index in [-0.39, 0.29) is 0 Å². The van der Waals surface area contributed by atoms with Gasteiger partial charge < -0.3 is 10.2 Å². The van der Waals surface area contributed by atoms with Gasteiger partial charge in [-0.25, -0.2) is 4.98 Å². The van der Waals surface area contributed by atoms with Gasteiger partial charge in [-0.15, -0.1) is 0 Å². The van der Waals surface area contributed by atoms with E-state index in [4.69, 9.17) is 4.98 Å². The summed E-state index contributed by atoms with van der Waals surface area (Å²) in [6.07, 6.45) is 3.41. The first-order chi connectivity index (χ1) is 10.8. The Kier molecular flexibility index (Phi) is 4.56. The highest BCUT2D eigenvalue weighted by molar-refractivity contribution is 5.46. The molecule has 0 aliphatic carbocycles. The van der Waals surface area contributed by atoms with Gasteiger partial charge in [0, 0.05) is 31.4 Å². The van der Waals surface area contributed by atoms with Gasteiger partial charge in [-0.3, -0.25) is 0 Å². The number of nitrogens with zero attached hydrogens (tertiary/aromatic N) is 3. The minimum Gasteiger partial charge on any atom is -0.370 e. The number of fused-ring (bicyclic) bond motifs is 1. The number of nitrogens with one attached hydrogen (secondary N) is 1. The average Bonchev–Trinajstić information content (AvgIpc) is 2.54. The summed E-state index contributed by atoms with van der Waals surface area (Å²) in [6.45, 7) is 7.08. The molecule has 116 valence electrons. The monoisotopic (exact) mass is 296 g/mol. The lowest BCUT2D eigenvalue weighted by atomic mass is 10.0. The summed E-state index contributed by atoms with van der Waals surface area (Å²) in [6, 6.07) is 10.7. The van der Waals surface area contributed by atoms with Crippen molar-refractivity contribution in [2.45, 2.75) is 39.7 Å². The van der Waals surface area contributed by atoms with Crippen LogP contribution in [0.2, 0.25) is 0 Å². The Bertz CT molecular complexity index is 639. The summed E-state index contributed by atoms with van der Waals surface area (Å²) in [4.78, 5) is 11.6. The van der Waals surface area contributed by atoms with Crippen LogP contribution in [0.15, 0.2) is 30.3 Å². The third kappa shape index (κ3) is 3.38. The van der Waals surface area contributed by atoms with E-state index in [1.165, 1.54) is 17.5 Å². The smallest absolute Gasteiger partial charge is 0.227 e. The van der Waals surface area contributed by atoms with E-state index in [2.05, 4.69) is 46.4 Å². The van der Waals surface area contributed by atoms with Crippen molar-refractivity contribution in [2.75, 3.05) is 23.3 Å². The molecule has 1 aliphatic rings. The average molecular weight is 296 g/mol. The van der Waals surface area contributed by atoms with Gasteiger partial charge in [-0.1, -0.05) is 37.6 Å². The van der Waals surface area contributed by atoms with Crippen LogP contribution in [0, 0.1) is 6.92 Å². The molecule has 0 radical (unpaired) electrons. The Hall–Kier alpha value is -2.10. The van der Waals surface area contributed by atoms with Crippen LogP contribution in [0.4, 0.5) is 11.8 Å². The lowest BCUT2D eigenvalue weighted by Gasteiger charge is -2.29. The van der Waals surface area contributed by atoms with Gasteiger partial charge in [0.2, 0.25) is 5.95 Å². The maximum atomic E-state index is 4.71. The van der Waals surface area contributed by atoms with Crippen molar-refractivity contribution in [3.8, 4) is 0 Å². The van der Waals surface area contributed by atoms with E-state index < -0.39 is 0 Å². The zero-order chi connectivity index (χ0) is 15.4. The van der Waals surface area contributed by atoms with Gasteiger partial charge in [-0.2, -0.15) is 4.98 Å². The Morgan fingerprint density at radius 1 is 1.18 bits per heavy atom. The van der Waals surface area contributed by atoms with Crippen molar-refractivity contribution in [3.05, 3.63) is 47.2 Å². The van der Waals surface area contributed by atoms with E-state index in [9.17, 15) is 0 Å². The van der Waals surface area contributed by atoms with Gasteiger partial charge in [-0.05, 0) is 30.9 Å². The molecule has 22 heavy (non-hydrogen) atoms. The van der Waals surface area contributed by atoms with Crippen LogP contribution in [-0.4, -0.2) is 23.1 Å². The molecule has 2 heterocycles. The molecule has 1 aliphatic heterocycles. The largest absolute Gasteiger partial charge is 0.370 e.